The highest BCUT2D eigenvalue weighted by Crippen LogP contribution is 2.45. The predicted molar refractivity (Wildman–Crippen MR) is 156 cm³/mol. The SMILES string of the molecule is C=C(CC(C)(C)C(F)(F)F)C1CCC(COc2ccc(-c3ccc(C(=O)N4C[C@H](O)C[C@@]4(C)C(N)=O)c(F)c3)cc2)CC1. The van der Waals surface area contributed by atoms with Gasteiger partial charge in [0.05, 0.1) is 23.7 Å². The molecule has 10 heteroatoms. The van der Waals surface area contributed by atoms with Crippen molar-refractivity contribution in [3.63, 3.8) is 0 Å². The number of aliphatic hydroxyl groups excluding tert-OH is 1. The van der Waals surface area contributed by atoms with Gasteiger partial charge >= 0.3 is 6.18 Å². The van der Waals surface area contributed by atoms with Crippen molar-refractivity contribution in [3.8, 4) is 16.9 Å². The van der Waals surface area contributed by atoms with E-state index < -0.39 is 40.9 Å². The lowest BCUT2D eigenvalue weighted by atomic mass is 9.74. The van der Waals surface area contributed by atoms with Crippen LogP contribution < -0.4 is 10.5 Å². The number of carbonyl (C=O) groups excluding carboxylic acids is 2. The third kappa shape index (κ3) is 7.06. The minimum Gasteiger partial charge on any atom is -0.493 e. The van der Waals surface area contributed by atoms with Crippen LogP contribution in [0, 0.1) is 23.1 Å². The molecular weight excluding hydrogens is 564 g/mol. The number of primary amides is 1. The molecule has 0 unspecified atom stereocenters. The summed E-state index contributed by atoms with van der Waals surface area (Å²) in [4.78, 5) is 26.2. The Kier molecular flexibility index (Phi) is 9.30. The van der Waals surface area contributed by atoms with Gasteiger partial charge in [0, 0.05) is 13.0 Å². The zero-order valence-corrected chi connectivity index (χ0v) is 24.8. The molecule has 2 atom stereocenters. The van der Waals surface area contributed by atoms with Gasteiger partial charge in [0.2, 0.25) is 5.91 Å². The summed E-state index contributed by atoms with van der Waals surface area (Å²) in [5.41, 5.74) is 4.01. The van der Waals surface area contributed by atoms with Crippen LogP contribution in [-0.4, -0.2) is 52.8 Å². The number of rotatable bonds is 9. The Morgan fingerprint density at radius 1 is 1.07 bits per heavy atom. The minimum atomic E-state index is -4.26. The van der Waals surface area contributed by atoms with Crippen LogP contribution in [0.25, 0.3) is 11.1 Å². The van der Waals surface area contributed by atoms with Crippen LogP contribution in [0.15, 0.2) is 54.6 Å². The lowest BCUT2D eigenvalue weighted by molar-refractivity contribution is -0.211. The fourth-order valence-electron chi connectivity index (χ4n) is 6.11. The Hall–Kier alpha value is -3.40. The molecule has 0 aromatic heterocycles. The fraction of sp³-hybridized carbons (Fsp3) is 0.515. The highest BCUT2D eigenvalue weighted by molar-refractivity contribution is 5.99. The number of nitrogens with two attached hydrogens (primary N) is 1. The molecule has 2 aromatic rings. The average molecular weight is 605 g/mol. The maximum atomic E-state index is 15.1. The molecule has 3 N–H and O–H groups in total. The van der Waals surface area contributed by atoms with Crippen molar-refractivity contribution in [2.45, 2.75) is 77.1 Å². The number of alkyl halides is 3. The molecular formula is C33H40F4N2O4. The Balaban J connectivity index is 1.31. The van der Waals surface area contributed by atoms with E-state index in [4.69, 9.17) is 10.5 Å². The second-order valence-electron chi connectivity index (χ2n) is 12.9. The molecule has 1 saturated heterocycles. The molecule has 2 amide bonds. The normalized spacial score (nSPS) is 24.6. The van der Waals surface area contributed by atoms with E-state index in [9.17, 15) is 27.9 Å². The quantitative estimate of drug-likeness (QED) is 0.247. The Morgan fingerprint density at radius 2 is 1.67 bits per heavy atom. The van der Waals surface area contributed by atoms with Gasteiger partial charge in [-0.2, -0.15) is 13.2 Å². The predicted octanol–water partition coefficient (Wildman–Crippen LogP) is 6.66. The molecule has 234 valence electrons. The Bertz CT molecular complexity index is 1350. The zero-order chi connectivity index (χ0) is 31.7. The van der Waals surface area contributed by atoms with Gasteiger partial charge in [-0.25, -0.2) is 4.39 Å². The van der Waals surface area contributed by atoms with Gasteiger partial charge in [0.15, 0.2) is 0 Å². The molecule has 4 rings (SSSR count). The van der Waals surface area contributed by atoms with Crippen LogP contribution in [0.1, 0.15) is 69.7 Å². The lowest BCUT2D eigenvalue weighted by Gasteiger charge is -2.34. The second kappa shape index (κ2) is 12.3. The van der Waals surface area contributed by atoms with Gasteiger partial charge in [0.25, 0.3) is 5.91 Å². The lowest BCUT2D eigenvalue weighted by Crippen LogP contribution is -2.54. The number of ether oxygens (including phenoxy) is 1. The number of nitrogens with zero attached hydrogens (tertiary/aromatic N) is 1. The molecule has 1 saturated carbocycles. The van der Waals surface area contributed by atoms with Crippen LogP contribution in [0.4, 0.5) is 17.6 Å². The number of carbonyl (C=O) groups is 2. The zero-order valence-electron chi connectivity index (χ0n) is 24.8. The molecule has 6 nitrogen and oxygen atoms in total. The van der Waals surface area contributed by atoms with E-state index >= 15 is 4.39 Å². The van der Waals surface area contributed by atoms with Gasteiger partial charge in [-0.3, -0.25) is 9.59 Å². The van der Waals surface area contributed by atoms with E-state index in [-0.39, 0.29) is 30.9 Å². The van der Waals surface area contributed by atoms with E-state index in [1.54, 1.807) is 30.3 Å². The molecule has 0 bridgehead atoms. The van der Waals surface area contributed by atoms with Crippen molar-refractivity contribution in [1.82, 2.24) is 4.90 Å². The van der Waals surface area contributed by atoms with Gasteiger partial charge in [0.1, 0.15) is 17.1 Å². The van der Waals surface area contributed by atoms with E-state index in [0.29, 0.717) is 35.0 Å². The number of benzene rings is 2. The van der Waals surface area contributed by atoms with Crippen LogP contribution in [0.3, 0.4) is 0 Å². The largest absolute Gasteiger partial charge is 0.493 e. The Labute approximate surface area is 249 Å². The van der Waals surface area contributed by atoms with Crippen molar-refractivity contribution < 1.29 is 37.0 Å². The maximum Gasteiger partial charge on any atom is 0.394 e. The van der Waals surface area contributed by atoms with Gasteiger partial charge in [-0.15, -0.1) is 0 Å². The first-order chi connectivity index (χ1) is 20.0. The molecule has 2 fully saturated rings. The van der Waals surface area contributed by atoms with Crippen LogP contribution in [0.2, 0.25) is 0 Å². The molecule has 0 radical (unpaired) electrons. The molecule has 2 aliphatic rings. The first-order valence-electron chi connectivity index (χ1n) is 14.6. The number of aliphatic hydroxyl groups is 1. The number of allylic oxidation sites excluding steroid dienone is 1. The summed E-state index contributed by atoms with van der Waals surface area (Å²) in [5, 5.41) is 10.0. The smallest absolute Gasteiger partial charge is 0.394 e. The van der Waals surface area contributed by atoms with E-state index in [0.717, 1.165) is 30.6 Å². The number of hydrogen-bond donors (Lipinski definition) is 2. The van der Waals surface area contributed by atoms with Crippen molar-refractivity contribution in [2.75, 3.05) is 13.2 Å². The van der Waals surface area contributed by atoms with Crippen molar-refractivity contribution >= 4 is 11.8 Å². The third-order valence-corrected chi connectivity index (χ3v) is 9.13. The van der Waals surface area contributed by atoms with E-state index in [1.165, 1.54) is 32.9 Å². The standard InChI is InChI=1S/C33H40F4N2O4/c1-20(16-31(2,3)33(35,36)37)22-7-5-21(6-8-22)19-43-26-12-9-23(10-13-26)24-11-14-27(28(34)15-24)29(41)39-18-25(40)17-32(39,4)30(38)42/h9-15,21-22,25,40H,1,5-8,16-19H2,2-4H3,(H2,38,42)/t21?,22?,25-,32+/m1/s1. The minimum absolute atomic E-state index is 0.0108. The average Bonchev–Trinajstić information content (AvgIpc) is 3.26. The Morgan fingerprint density at radius 3 is 2.23 bits per heavy atom. The molecule has 1 aliphatic heterocycles. The summed E-state index contributed by atoms with van der Waals surface area (Å²) < 4.78 is 60.9. The molecule has 1 heterocycles. The number of β-amino-alcohol motifs (C(OH)–C–C–N with tert-alkyl or cyclic N) is 1. The van der Waals surface area contributed by atoms with Crippen molar-refractivity contribution in [2.24, 2.45) is 23.0 Å². The summed E-state index contributed by atoms with van der Waals surface area (Å²) in [6, 6.07) is 11.4. The van der Waals surface area contributed by atoms with Gasteiger partial charge < -0.3 is 20.5 Å². The molecule has 1 aliphatic carbocycles. The van der Waals surface area contributed by atoms with Crippen molar-refractivity contribution in [3.05, 3.63) is 66.0 Å². The first-order valence-corrected chi connectivity index (χ1v) is 14.6. The summed E-state index contributed by atoms with van der Waals surface area (Å²) >= 11 is 0. The van der Waals surface area contributed by atoms with E-state index in [2.05, 4.69) is 6.58 Å². The number of amides is 2. The maximum absolute atomic E-state index is 15.1. The van der Waals surface area contributed by atoms with E-state index in [1.807, 2.05) is 0 Å². The van der Waals surface area contributed by atoms with Crippen LogP contribution in [-0.2, 0) is 4.79 Å². The van der Waals surface area contributed by atoms with Crippen LogP contribution >= 0.6 is 0 Å². The third-order valence-electron chi connectivity index (χ3n) is 9.13. The number of halogens is 4. The first kappa shape index (κ1) is 32.5. The number of hydrogen-bond acceptors (Lipinski definition) is 4. The van der Waals surface area contributed by atoms with Crippen molar-refractivity contribution in [1.29, 1.82) is 0 Å². The second-order valence-corrected chi connectivity index (χ2v) is 12.9. The van der Waals surface area contributed by atoms with Crippen LogP contribution in [0.5, 0.6) is 5.75 Å². The molecule has 43 heavy (non-hydrogen) atoms. The summed E-state index contributed by atoms with van der Waals surface area (Å²) in [6.45, 7) is 8.27. The highest BCUT2D eigenvalue weighted by Gasteiger charge is 2.49. The monoisotopic (exact) mass is 604 g/mol. The molecule has 0 spiro atoms. The highest BCUT2D eigenvalue weighted by atomic mass is 19.4. The fourth-order valence-corrected chi connectivity index (χ4v) is 6.11. The summed E-state index contributed by atoms with van der Waals surface area (Å²) in [7, 11) is 0. The number of likely N-dealkylation sites (tertiary alicyclic amines) is 1. The van der Waals surface area contributed by atoms with Gasteiger partial charge in [-0.05, 0) is 86.3 Å². The van der Waals surface area contributed by atoms with Gasteiger partial charge in [-0.1, -0.05) is 44.2 Å². The summed E-state index contributed by atoms with van der Waals surface area (Å²) in [5.74, 6) is -1.20. The topological polar surface area (TPSA) is 92.9 Å². The molecule has 2 aromatic carbocycles. The summed E-state index contributed by atoms with van der Waals surface area (Å²) in [6.07, 6.45) is -1.96.